The molecule has 0 spiro atoms. The Morgan fingerprint density at radius 2 is 1.89 bits per heavy atom. The van der Waals surface area contributed by atoms with E-state index in [0.29, 0.717) is 17.4 Å². The van der Waals surface area contributed by atoms with Gasteiger partial charge in [-0.2, -0.15) is 0 Å². The van der Waals surface area contributed by atoms with Crippen molar-refractivity contribution in [2.75, 3.05) is 20.6 Å². The number of amides is 1. The SMILES string of the molecule is CN(C)C(CNC(=O)CCn1nnc2ccccc2c1=O)c1ccc(F)cc1. The minimum atomic E-state index is -0.299. The molecule has 0 aliphatic rings. The van der Waals surface area contributed by atoms with E-state index < -0.39 is 0 Å². The summed E-state index contributed by atoms with van der Waals surface area (Å²) in [5.41, 5.74) is 1.17. The Morgan fingerprint density at radius 3 is 2.61 bits per heavy atom. The number of aryl methyl sites for hydroxylation is 1. The number of halogens is 1. The number of benzene rings is 2. The van der Waals surface area contributed by atoms with Gasteiger partial charge in [0.05, 0.1) is 18.0 Å². The third-order valence-corrected chi connectivity index (χ3v) is 4.55. The Bertz CT molecular complexity index is 1020. The second-order valence-electron chi connectivity index (χ2n) is 6.72. The van der Waals surface area contributed by atoms with Crippen molar-refractivity contribution in [2.45, 2.75) is 19.0 Å². The van der Waals surface area contributed by atoms with Gasteiger partial charge in [-0.3, -0.25) is 9.59 Å². The van der Waals surface area contributed by atoms with Crippen molar-refractivity contribution in [3.8, 4) is 0 Å². The Hall–Kier alpha value is -3.13. The number of nitrogens with zero attached hydrogens (tertiary/aromatic N) is 4. The Kier molecular flexibility index (Phi) is 6.10. The molecule has 28 heavy (non-hydrogen) atoms. The zero-order valence-corrected chi connectivity index (χ0v) is 15.8. The van der Waals surface area contributed by atoms with E-state index in [1.807, 2.05) is 19.0 Å². The molecule has 0 aliphatic heterocycles. The van der Waals surface area contributed by atoms with Crippen molar-refractivity contribution in [3.63, 3.8) is 0 Å². The lowest BCUT2D eigenvalue weighted by molar-refractivity contribution is -0.121. The molecule has 1 heterocycles. The molecule has 1 aromatic heterocycles. The van der Waals surface area contributed by atoms with Gasteiger partial charge in [-0.25, -0.2) is 9.07 Å². The molecule has 2 aromatic carbocycles. The molecule has 1 N–H and O–H groups in total. The third kappa shape index (κ3) is 4.58. The largest absolute Gasteiger partial charge is 0.354 e. The van der Waals surface area contributed by atoms with E-state index in [1.54, 1.807) is 36.4 Å². The standard InChI is InChI=1S/C20H22FN5O2/c1-25(2)18(14-7-9-15(21)10-8-14)13-22-19(27)11-12-26-20(28)16-5-3-4-6-17(16)23-24-26/h3-10,18H,11-13H2,1-2H3,(H,22,27). The number of carbonyl (C=O) groups is 1. The highest BCUT2D eigenvalue weighted by atomic mass is 19.1. The van der Waals surface area contributed by atoms with Crippen LogP contribution in [0, 0.1) is 5.82 Å². The molecule has 0 fully saturated rings. The molecule has 8 heteroatoms. The third-order valence-electron chi connectivity index (χ3n) is 4.55. The maximum absolute atomic E-state index is 13.1. The molecule has 1 unspecified atom stereocenters. The van der Waals surface area contributed by atoms with Crippen LogP contribution < -0.4 is 10.9 Å². The van der Waals surface area contributed by atoms with E-state index >= 15 is 0 Å². The molecule has 3 rings (SSSR count). The fraction of sp³-hybridized carbons (Fsp3) is 0.300. The van der Waals surface area contributed by atoms with Crippen molar-refractivity contribution in [2.24, 2.45) is 0 Å². The molecule has 7 nitrogen and oxygen atoms in total. The highest BCUT2D eigenvalue weighted by molar-refractivity contribution is 5.77. The second kappa shape index (κ2) is 8.71. The van der Waals surface area contributed by atoms with Crippen LogP contribution in [0.15, 0.2) is 53.3 Å². The van der Waals surface area contributed by atoms with Crippen LogP contribution in [-0.2, 0) is 11.3 Å². The highest BCUT2D eigenvalue weighted by Crippen LogP contribution is 2.17. The van der Waals surface area contributed by atoms with Crippen LogP contribution in [0.2, 0.25) is 0 Å². The first-order valence-electron chi connectivity index (χ1n) is 8.97. The quantitative estimate of drug-likeness (QED) is 0.672. The highest BCUT2D eigenvalue weighted by Gasteiger charge is 2.16. The maximum atomic E-state index is 13.1. The van der Waals surface area contributed by atoms with Crippen LogP contribution in [0.3, 0.4) is 0 Å². The fourth-order valence-corrected chi connectivity index (χ4v) is 2.96. The monoisotopic (exact) mass is 383 g/mol. The summed E-state index contributed by atoms with van der Waals surface area (Å²) < 4.78 is 14.3. The van der Waals surface area contributed by atoms with Gasteiger partial charge in [0.2, 0.25) is 5.91 Å². The number of fused-ring (bicyclic) bond motifs is 1. The van der Waals surface area contributed by atoms with Crippen LogP contribution in [0.1, 0.15) is 18.0 Å². The molecule has 0 saturated carbocycles. The van der Waals surface area contributed by atoms with Gasteiger partial charge < -0.3 is 10.2 Å². The van der Waals surface area contributed by atoms with Crippen LogP contribution in [0.5, 0.6) is 0 Å². The zero-order chi connectivity index (χ0) is 20.1. The summed E-state index contributed by atoms with van der Waals surface area (Å²) in [6.45, 7) is 0.515. The summed E-state index contributed by atoms with van der Waals surface area (Å²) in [6.07, 6.45) is 0.108. The van der Waals surface area contributed by atoms with Crippen LogP contribution in [0.4, 0.5) is 4.39 Å². The molecule has 0 radical (unpaired) electrons. The van der Waals surface area contributed by atoms with Gasteiger partial charge in [-0.1, -0.05) is 29.5 Å². The van der Waals surface area contributed by atoms with Gasteiger partial charge in [-0.15, -0.1) is 5.10 Å². The molecule has 146 valence electrons. The summed E-state index contributed by atoms with van der Waals surface area (Å²) in [5.74, 6) is -0.497. The van der Waals surface area contributed by atoms with Gasteiger partial charge in [0.15, 0.2) is 0 Å². The van der Waals surface area contributed by atoms with Gasteiger partial charge >= 0.3 is 0 Å². The van der Waals surface area contributed by atoms with E-state index in [0.717, 1.165) is 5.56 Å². The van der Waals surface area contributed by atoms with Gasteiger partial charge in [0, 0.05) is 13.0 Å². The minimum Gasteiger partial charge on any atom is -0.354 e. The van der Waals surface area contributed by atoms with E-state index in [2.05, 4.69) is 15.6 Å². The van der Waals surface area contributed by atoms with Crippen LogP contribution in [0.25, 0.3) is 10.9 Å². The van der Waals surface area contributed by atoms with E-state index in [-0.39, 0.29) is 36.3 Å². The number of carbonyl (C=O) groups excluding carboxylic acids is 1. The lowest BCUT2D eigenvalue weighted by atomic mass is 10.1. The first-order valence-corrected chi connectivity index (χ1v) is 8.97. The van der Waals surface area contributed by atoms with Gasteiger partial charge in [0.25, 0.3) is 5.56 Å². The van der Waals surface area contributed by atoms with Crippen molar-refractivity contribution in [3.05, 3.63) is 70.3 Å². The number of rotatable bonds is 7. The number of nitrogens with one attached hydrogen (secondary N) is 1. The Balaban J connectivity index is 1.60. The first-order chi connectivity index (χ1) is 13.5. The molecule has 1 atom stereocenters. The summed E-state index contributed by atoms with van der Waals surface area (Å²) in [5, 5.41) is 11.2. The second-order valence-corrected chi connectivity index (χ2v) is 6.72. The summed E-state index contributed by atoms with van der Waals surface area (Å²) in [4.78, 5) is 26.6. The molecular weight excluding hydrogens is 361 g/mol. The summed E-state index contributed by atoms with van der Waals surface area (Å²) in [7, 11) is 3.79. The number of aromatic nitrogens is 3. The lowest BCUT2D eigenvalue weighted by Gasteiger charge is -2.25. The van der Waals surface area contributed by atoms with E-state index in [9.17, 15) is 14.0 Å². The molecule has 3 aromatic rings. The molecule has 0 saturated heterocycles. The van der Waals surface area contributed by atoms with Crippen molar-refractivity contribution >= 4 is 16.8 Å². The number of hydrogen-bond donors (Lipinski definition) is 1. The van der Waals surface area contributed by atoms with Gasteiger partial charge in [0.1, 0.15) is 11.3 Å². The van der Waals surface area contributed by atoms with E-state index in [4.69, 9.17) is 0 Å². The average Bonchev–Trinajstić information content (AvgIpc) is 2.69. The Labute approximate surface area is 161 Å². The predicted octanol–water partition coefficient (Wildman–Crippen LogP) is 1.74. The molecule has 0 bridgehead atoms. The van der Waals surface area contributed by atoms with Crippen molar-refractivity contribution in [1.82, 2.24) is 25.2 Å². The Morgan fingerprint density at radius 1 is 1.18 bits per heavy atom. The average molecular weight is 383 g/mol. The smallest absolute Gasteiger partial charge is 0.277 e. The van der Waals surface area contributed by atoms with Crippen molar-refractivity contribution in [1.29, 1.82) is 0 Å². The summed E-state index contributed by atoms with van der Waals surface area (Å²) in [6, 6.07) is 13.1. The van der Waals surface area contributed by atoms with Crippen LogP contribution in [-0.4, -0.2) is 46.4 Å². The molecular formula is C20H22FN5O2. The fourth-order valence-electron chi connectivity index (χ4n) is 2.96. The first kappa shape index (κ1) is 19.6. The topological polar surface area (TPSA) is 80.1 Å². The summed E-state index contributed by atoms with van der Waals surface area (Å²) >= 11 is 0. The number of likely N-dealkylation sites (N-methyl/N-ethyl adjacent to an activating group) is 1. The van der Waals surface area contributed by atoms with E-state index in [1.165, 1.54) is 16.8 Å². The number of hydrogen-bond acceptors (Lipinski definition) is 5. The predicted molar refractivity (Wildman–Crippen MR) is 104 cm³/mol. The lowest BCUT2D eigenvalue weighted by Crippen LogP contribution is -2.35. The van der Waals surface area contributed by atoms with Crippen LogP contribution >= 0.6 is 0 Å². The van der Waals surface area contributed by atoms with Gasteiger partial charge in [-0.05, 0) is 43.9 Å². The zero-order valence-electron chi connectivity index (χ0n) is 15.8. The molecule has 1 amide bonds. The van der Waals surface area contributed by atoms with Crippen molar-refractivity contribution < 1.29 is 9.18 Å². The normalized spacial score (nSPS) is 12.3. The molecule has 0 aliphatic carbocycles. The maximum Gasteiger partial charge on any atom is 0.277 e. The minimum absolute atomic E-state index is 0.0901.